The van der Waals surface area contributed by atoms with Gasteiger partial charge in [-0.2, -0.15) is 0 Å². The van der Waals surface area contributed by atoms with Gasteiger partial charge in [0.2, 0.25) is 11.1 Å². The van der Waals surface area contributed by atoms with Gasteiger partial charge in [0.15, 0.2) is 0 Å². The molecule has 13 heteroatoms. The third kappa shape index (κ3) is 9.63. The number of nitrogen functional groups attached to an aromatic ring is 1. The summed E-state index contributed by atoms with van der Waals surface area (Å²) in [5.74, 6) is 3.34. The summed E-state index contributed by atoms with van der Waals surface area (Å²) >= 11 is 0. The van der Waals surface area contributed by atoms with E-state index in [9.17, 15) is 9.59 Å². The summed E-state index contributed by atoms with van der Waals surface area (Å²) in [6, 6.07) is 32.5. The summed E-state index contributed by atoms with van der Waals surface area (Å²) < 4.78 is 23.9. The van der Waals surface area contributed by atoms with Crippen LogP contribution in [0, 0.1) is 0 Å². The fourth-order valence-electron chi connectivity index (χ4n) is 9.59. The van der Waals surface area contributed by atoms with Crippen LogP contribution in [0.2, 0.25) is 0 Å². The van der Waals surface area contributed by atoms with E-state index in [0.717, 1.165) is 144 Å². The van der Waals surface area contributed by atoms with Crippen molar-refractivity contribution in [1.29, 1.82) is 0 Å². The normalized spacial score (nSPS) is 17.4. The molecular weight excluding hydrogens is 819 g/mol. The molecule has 5 N–H and O–H groups in total. The minimum absolute atomic E-state index is 0.106. The van der Waals surface area contributed by atoms with E-state index in [1.807, 2.05) is 42.5 Å². The van der Waals surface area contributed by atoms with Crippen molar-refractivity contribution in [1.82, 2.24) is 14.9 Å². The van der Waals surface area contributed by atoms with E-state index in [0.29, 0.717) is 32.5 Å². The molecule has 2 aromatic heterocycles. The standard InChI is InChI=1S/C29H34N4O3.C23H23N3O3/c1-32-11-9-22(10-12-32)30-23-7-8-27-21(17-23)6-5-20-3-2-4-25(29(20)36-27)26-18-24(19-28(34)31-26)33-13-15-35-16-14-33;24-17-6-7-21-16(12-17)5-4-15-2-1-3-19(23(15)29-21)20-13-18(14-22(27)25-20)26-8-10-28-11-9-26/h2-4,7-8,17-19,22,30H,5-6,9-16H2,1H3,(H,31,34);1-3,6-7,12-14H,4-5,8-11,24H2,(H,25,27). The number of anilines is 4. The molecule has 0 radical (unpaired) electrons. The van der Waals surface area contributed by atoms with Crippen LogP contribution in [0.5, 0.6) is 23.0 Å². The van der Waals surface area contributed by atoms with Gasteiger partial charge >= 0.3 is 0 Å². The largest absolute Gasteiger partial charge is 0.456 e. The molecule has 0 atom stereocenters. The van der Waals surface area contributed by atoms with Gasteiger partial charge in [0.05, 0.1) is 37.8 Å². The molecule has 3 fully saturated rings. The molecule has 0 amide bonds. The summed E-state index contributed by atoms with van der Waals surface area (Å²) in [6.45, 7) is 8.10. The first-order valence-corrected chi connectivity index (χ1v) is 23.0. The second-order valence-corrected chi connectivity index (χ2v) is 17.6. The highest BCUT2D eigenvalue weighted by Gasteiger charge is 2.24. The third-order valence-corrected chi connectivity index (χ3v) is 13.2. The molecule has 5 aliphatic rings. The first-order chi connectivity index (χ1) is 31.8. The van der Waals surface area contributed by atoms with E-state index < -0.39 is 0 Å². The lowest BCUT2D eigenvalue weighted by Gasteiger charge is -2.30. The number of morpholine rings is 2. The predicted octanol–water partition coefficient (Wildman–Crippen LogP) is 7.63. The summed E-state index contributed by atoms with van der Waals surface area (Å²) in [5.41, 5.74) is 17.4. The Morgan fingerprint density at radius 2 is 1.06 bits per heavy atom. The Hall–Kier alpha value is -6.54. The van der Waals surface area contributed by atoms with Crippen LogP contribution in [0.25, 0.3) is 22.5 Å². The summed E-state index contributed by atoms with van der Waals surface area (Å²) in [7, 11) is 2.19. The number of H-pyrrole nitrogens is 2. The van der Waals surface area contributed by atoms with Gasteiger partial charge in [-0.15, -0.1) is 0 Å². The lowest BCUT2D eigenvalue weighted by molar-refractivity contribution is 0.122. The smallest absolute Gasteiger partial charge is 0.250 e. The molecule has 4 aromatic carbocycles. The van der Waals surface area contributed by atoms with E-state index in [4.69, 9.17) is 24.7 Å². The first kappa shape index (κ1) is 42.4. The van der Waals surface area contributed by atoms with Gasteiger partial charge in [-0.3, -0.25) is 9.59 Å². The second-order valence-electron chi connectivity index (χ2n) is 17.6. The second kappa shape index (κ2) is 18.9. The number of fused-ring (bicyclic) bond motifs is 4. The van der Waals surface area contributed by atoms with E-state index >= 15 is 0 Å². The molecule has 5 aliphatic heterocycles. The zero-order chi connectivity index (χ0) is 44.3. The van der Waals surface area contributed by atoms with Gasteiger partial charge < -0.3 is 54.7 Å². The topological polar surface area (TPSA) is 150 Å². The van der Waals surface area contributed by atoms with Crippen molar-refractivity contribution in [2.75, 3.05) is 93.6 Å². The number of piperidine rings is 1. The maximum atomic E-state index is 12.6. The average molecular weight is 876 g/mol. The SMILES string of the molecule is CN1CCC(Nc2ccc3c(c2)CCc2cccc(-c4cc(N5CCOCC5)cc(=O)[nH]4)c2O3)CC1.Nc1ccc2c(c1)CCc1cccc(-c3cc(N4CCOCC4)cc(=O)[nH]3)c1O2. The molecule has 6 aromatic rings. The molecule has 7 heterocycles. The molecule has 336 valence electrons. The monoisotopic (exact) mass is 875 g/mol. The lowest BCUT2D eigenvalue weighted by atomic mass is 10.00. The number of pyridine rings is 2. The zero-order valence-electron chi connectivity index (χ0n) is 37.0. The van der Waals surface area contributed by atoms with Crippen molar-refractivity contribution in [3.63, 3.8) is 0 Å². The van der Waals surface area contributed by atoms with Crippen molar-refractivity contribution in [2.45, 2.75) is 44.6 Å². The average Bonchev–Trinajstić information content (AvgIpc) is 3.64. The number of aromatic amines is 2. The summed E-state index contributed by atoms with van der Waals surface area (Å²) in [4.78, 5) is 37.9. The van der Waals surface area contributed by atoms with Crippen LogP contribution < -0.4 is 41.4 Å². The highest BCUT2D eigenvalue weighted by molar-refractivity contribution is 5.75. The van der Waals surface area contributed by atoms with Gasteiger partial charge in [-0.25, -0.2) is 0 Å². The Kier molecular flexibility index (Phi) is 12.3. The van der Waals surface area contributed by atoms with Gasteiger partial charge in [-0.05, 0) is 142 Å². The molecule has 11 rings (SSSR count). The quantitative estimate of drug-likeness (QED) is 0.122. The van der Waals surface area contributed by atoms with Crippen LogP contribution in [0.1, 0.15) is 35.1 Å². The van der Waals surface area contributed by atoms with Crippen molar-refractivity contribution in [3.8, 4) is 45.5 Å². The van der Waals surface area contributed by atoms with Crippen molar-refractivity contribution in [3.05, 3.63) is 140 Å². The first-order valence-electron chi connectivity index (χ1n) is 23.0. The Labute approximate surface area is 379 Å². The van der Waals surface area contributed by atoms with Gasteiger partial charge in [-0.1, -0.05) is 24.3 Å². The molecule has 0 spiro atoms. The van der Waals surface area contributed by atoms with Gasteiger partial charge in [0, 0.05) is 78.2 Å². The number of likely N-dealkylation sites (tertiary alicyclic amines) is 1. The number of nitrogens with zero attached hydrogens (tertiary/aromatic N) is 3. The molecule has 13 nitrogen and oxygen atoms in total. The number of aryl methyl sites for hydroxylation is 4. The van der Waals surface area contributed by atoms with Gasteiger partial charge in [0.1, 0.15) is 23.0 Å². The maximum absolute atomic E-state index is 12.6. The number of nitrogens with two attached hydrogens (primary N) is 1. The number of para-hydroxylation sites is 2. The number of hydrogen-bond acceptors (Lipinski definition) is 11. The number of aromatic nitrogens is 2. The lowest BCUT2D eigenvalue weighted by Crippen LogP contribution is -2.36. The number of benzene rings is 4. The third-order valence-electron chi connectivity index (χ3n) is 13.2. The summed E-state index contributed by atoms with van der Waals surface area (Å²) in [6.07, 6.45) is 5.86. The minimum atomic E-state index is -0.122. The van der Waals surface area contributed by atoms with E-state index in [-0.39, 0.29) is 11.1 Å². The Morgan fingerprint density at radius 1 is 0.569 bits per heavy atom. The Balaban J connectivity index is 0.000000157. The maximum Gasteiger partial charge on any atom is 0.250 e. The molecule has 3 saturated heterocycles. The Morgan fingerprint density at radius 3 is 1.60 bits per heavy atom. The van der Waals surface area contributed by atoms with Crippen molar-refractivity contribution < 1.29 is 18.9 Å². The van der Waals surface area contributed by atoms with E-state index in [2.05, 4.69) is 79.5 Å². The van der Waals surface area contributed by atoms with Crippen LogP contribution in [-0.4, -0.2) is 93.7 Å². The highest BCUT2D eigenvalue weighted by Crippen LogP contribution is 2.43. The molecule has 0 aliphatic carbocycles. The molecule has 0 saturated carbocycles. The fraction of sp³-hybridized carbons (Fsp3) is 0.346. The van der Waals surface area contributed by atoms with E-state index in [1.165, 1.54) is 24.1 Å². The van der Waals surface area contributed by atoms with Crippen LogP contribution >= 0.6 is 0 Å². The zero-order valence-corrected chi connectivity index (χ0v) is 37.0. The molecule has 65 heavy (non-hydrogen) atoms. The molecule has 0 bridgehead atoms. The van der Waals surface area contributed by atoms with Crippen LogP contribution in [-0.2, 0) is 35.2 Å². The van der Waals surface area contributed by atoms with Gasteiger partial charge in [0.25, 0.3) is 0 Å². The van der Waals surface area contributed by atoms with Crippen molar-refractivity contribution in [2.24, 2.45) is 0 Å². The van der Waals surface area contributed by atoms with Crippen LogP contribution in [0.3, 0.4) is 0 Å². The highest BCUT2D eigenvalue weighted by atomic mass is 16.5. The van der Waals surface area contributed by atoms with E-state index in [1.54, 1.807) is 12.1 Å². The fourth-order valence-corrected chi connectivity index (χ4v) is 9.59. The minimum Gasteiger partial charge on any atom is -0.456 e. The van der Waals surface area contributed by atoms with Crippen LogP contribution in [0.4, 0.5) is 22.7 Å². The Bertz CT molecular complexity index is 2780. The number of rotatable bonds is 6. The number of nitrogens with one attached hydrogen (secondary N) is 3. The predicted molar refractivity (Wildman–Crippen MR) is 257 cm³/mol. The van der Waals surface area contributed by atoms with Crippen molar-refractivity contribution >= 4 is 22.7 Å². The van der Waals surface area contributed by atoms with Crippen LogP contribution in [0.15, 0.2) is 107 Å². The number of hydrogen-bond donors (Lipinski definition) is 4. The number of ether oxygens (including phenoxy) is 4. The molecular formula is C52H57N7O6. The summed E-state index contributed by atoms with van der Waals surface area (Å²) in [5, 5.41) is 3.74. The molecule has 0 unspecified atom stereocenters.